The summed E-state index contributed by atoms with van der Waals surface area (Å²) < 4.78 is 70.0. The summed E-state index contributed by atoms with van der Waals surface area (Å²) in [4.78, 5) is 31.6. The second-order valence-corrected chi connectivity index (χ2v) is 14.4. The Morgan fingerprint density at radius 1 is 0.939 bits per heavy atom. The molecular weight excluding hydrogens is 642 g/mol. The molecule has 1 amide bonds. The fraction of sp³-hybridized carbons (Fsp3) is 0.622. The zero-order chi connectivity index (χ0) is 34.9. The maximum atomic E-state index is 17.6. The Balaban J connectivity index is 1.25. The number of aliphatic carboxylic acids is 1. The van der Waals surface area contributed by atoms with E-state index in [9.17, 15) is 27.9 Å². The lowest BCUT2D eigenvalue weighted by atomic mass is 9.85. The number of piperidine rings is 1. The molecule has 49 heavy (non-hydrogen) atoms. The van der Waals surface area contributed by atoms with Gasteiger partial charge in [-0.05, 0) is 73.4 Å². The fourth-order valence-corrected chi connectivity index (χ4v) is 8.68. The van der Waals surface area contributed by atoms with Crippen LogP contribution < -0.4 is 9.64 Å². The summed E-state index contributed by atoms with van der Waals surface area (Å²) in [7, 11) is 3.15. The molecule has 4 fully saturated rings. The first kappa shape index (κ1) is 35.4. The van der Waals surface area contributed by atoms with Crippen molar-refractivity contribution in [2.45, 2.75) is 68.8 Å². The van der Waals surface area contributed by atoms with Crippen molar-refractivity contribution in [3.8, 4) is 5.75 Å². The Labute approximate surface area is 285 Å². The van der Waals surface area contributed by atoms with Gasteiger partial charge in [-0.1, -0.05) is 31.0 Å². The lowest BCUT2D eigenvalue weighted by molar-refractivity contribution is -0.143. The highest BCUT2D eigenvalue weighted by Crippen LogP contribution is 2.45. The predicted octanol–water partition coefficient (Wildman–Crippen LogP) is 6.03. The minimum Gasteiger partial charge on any atom is -0.497 e. The van der Waals surface area contributed by atoms with Crippen molar-refractivity contribution in [3.05, 3.63) is 59.2 Å². The number of rotatable bonds is 10. The first-order chi connectivity index (χ1) is 23.4. The van der Waals surface area contributed by atoms with E-state index in [1.807, 2.05) is 17.0 Å². The third-order valence-corrected chi connectivity index (χ3v) is 11.4. The minimum absolute atomic E-state index is 0.0264. The Morgan fingerprint density at radius 3 is 2.22 bits per heavy atom. The molecular formula is C37H47F4N3O5. The first-order valence-corrected chi connectivity index (χ1v) is 17.4. The van der Waals surface area contributed by atoms with Crippen LogP contribution in [-0.4, -0.2) is 98.6 Å². The number of halogens is 4. The van der Waals surface area contributed by atoms with Gasteiger partial charge in [0.2, 0.25) is 5.67 Å². The maximum Gasteiger partial charge on any atom is 0.416 e. The number of hydrogen-bond acceptors (Lipinski definition) is 6. The van der Waals surface area contributed by atoms with Crippen LogP contribution in [0.15, 0.2) is 42.5 Å². The Kier molecular flexibility index (Phi) is 10.5. The van der Waals surface area contributed by atoms with Crippen LogP contribution in [0.25, 0.3) is 0 Å². The second kappa shape index (κ2) is 14.5. The van der Waals surface area contributed by atoms with E-state index in [1.54, 1.807) is 31.3 Å². The topological polar surface area (TPSA) is 82.6 Å². The van der Waals surface area contributed by atoms with Crippen LogP contribution in [0.3, 0.4) is 0 Å². The lowest BCUT2D eigenvalue weighted by Gasteiger charge is -2.34. The average Bonchev–Trinajstić information content (AvgIpc) is 3.84. The van der Waals surface area contributed by atoms with Gasteiger partial charge in [0, 0.05) is 69.9 Å². The van der Waals surface area contributed by atoms with Crippen LogP contribution in [0.4, 0.5) is 23.2 Å². The standard InChI is InChI=1S/C37H47F4N3O5/c1-48-22-28-20-43(35(47)36(38)23-44(30-5-3-4-6-30)21-32(36)24-8-11-31(49-2)12-9-24)19-27(28)17-26-7-10-29(37(39,40)41)18-33(26)42-15-13-25(14-16-42)34(45)46/h7-12,18,25,27-28,30,32H,3-6,13-17,19-23H2,1-2H3,(H,45,46)/t27-,28-,32+,36+/m1/s1. The van der Waals surface area contributed by atoms with Gasteiger partial charge in [0.05, 0.1) is 25.2 Å². The Hall–Kier alpha value is -3.38. The van der Waals surface area contributed by atoms with Gasteiger partial charge < -0.3 is 24.4 Å². The summed E-state index contributed by atoms with van der Waals surface area (Å²) in [6.45, 7) is 2.02. The third kappa shape index (κ3) is 7.41. The van der Waals surface area contributed by atoms with E-state index in [1.165, 1.54) is 6.07 Å². The van der Waals surface area contributed by atoms with Crippen molar-refractivity contribution in [2.24, 2.45) is 17.8 Å². The van der Waals surface area contributed by atoms with Crippen molar-refractivity contribution in [2.75, 3.05) is 65.0 Å². The van der Waals surface area contributed by atoms with Crippen molar-refractivity contribution < 1.29 is 41.7 Å². The predicted molar refractivity (Wildman–Crippen MR) is 177 cm³/mol. The number of carboxylic acid groups (broad SMARTS) is 1. The summed E-state index contributed by atoms with van der Waals surface area (Å²) >= 11 is 0. The Bertz CT molecular complexity index is 1480. The van der Waals surface area contributed by atoms with Crippen LogP contribution >= 0.6 is 0 Å². The number of likely N-dealkylation sites (tertiary alicyclic amines) is 2. The number of hydrogen-bond donors (Lipinski definition) is 1. The van der Waals surface area contributed by atoms with Gasteiger partial charge in [0.15, 0.2) is 0 Å². The number of amides is 1. The molecule has 1 aliphatic carbocycles. The molecule has 4 atom stereocenters. The molecule has 3 saturated heterocycles. The van der Waals surface area contributed by atoms with E-state index in [4.69, 9.17) is 9.47 Å². The monoisotopic (exact) mass is 689 g/mol. The maximum absolute atomic E-state index is 17.6. The first-order valence-electron chi connectivity index (χ1n) is 17.4. The van der Waals surface area contributed by atoms with Crippen LogP contribution in [-0.2, 0) is 26.9 Å². The molecule has 1 saturated carbocycles. The molecule has 3 heterocycles. The van der Waals surface area contributed by atoms with Crippen molar-refractivity contribution in [1.29, 1.82) is 0 Å². The molecule has 2 aromatic carbocycles. The number of alkyl halides is 4. The molecule has 0 radical (unpaired) electrons. The highest BCUT2D eigenvalue weighted by Gasteiger charge is 2.57. The molecule has 6 rings (SSSR count). The van der Waals surface area contributed by atoms with E-state index >= 15 is 4.39 Å². The zero-order valence-electron chi connectivity index (χ0n) is 28.3. The number of benzene rings is 2. The van der Waals surface area contributed by atoms with Crippen LogP contribution in [0.1, 0.15) is 61.1 Å². The van der Waals surface area contributed by atoms with Crippen LogP contribution in [0.2, 0.25) is 0 Å². The van der Waals surface area contributed by atoms with Gasteiger partial charge in [-0.3, -0.25) is 14.5 Å². The molecule has 0 aromatic heterocycles. The summed E-state index contributed by atoms with van der Waals surface area (Å²) in [5.41, 5.74) is -1.02. The van der Waals surface area contributed by atoms with Gasteiger partial charge in [-0.2, -0.15) is 13.2 Å². The SMILES string of the molecule is COC[C@H]1CN(C(=O)[C@]2(F)CN(C3CCCC3)C[C@H]2c2ccc(OC)cc2)C[C@H]1Cc1ccc(C(F)(F)F)cc1N1CCC(C(=O)O)CC1. The molecule has 2 aromatic rings. The molecule has 8 nitrogen and oxygen atoms in total. The molecule has 0 spiro atoms. The van der Waals surface area contributed by atoms with E-state index in [0.717, 1.165) is 43.4 Å². The molecule has 268 valence electrons. The minimum atomic E-state index is -4.54. The van der Waals surface area contributed by atoms with Crippen molar-refractivity contribution in [3.63, 3.8) is 0 Å². The third-order valence-electron chi connectivity index (χ3n) is 11.4. The number of nitrogens with zero attached hydrogens (tertiary/aromatic N) is 3. The van der Waals surface area contributed by atoms with Crippen LogP contribution in [0, 0.1) is 17.8 Å². The molecule has 4 aliphatic rings. The Morgan fingerprint density at radius 2 is 1.61 bits per heavy atom. The second-order valence-electron chi connectivity index (χ2n) is 14.4. The molecule has 3 aliphatic heterocycles. The summed E-state index contributed by atoms with van der Waals surface area (Å²) in [5.74, 6) is -2.27. The van der Waals surface area contributed by atoms with Gasteiger partial charge in [0.25, 0.3) is 5.91 Å². The van der Waals surface area contributed by atoms with E-state index in [-0.39, 0.29) is 31.0 Å². The summed E-state index contributed by atoms with van der Waals surface area (Å²) in [6, 6.07) is 11.3. The normalized spacial score (nSPS) is 27.3. The zero-order valence-corrected chi connectivity index (χ0v) is 28.3. The van der Waals surface area contributed by atoms with Gasteiger partial charge in [-0.15, -0.1) is 0 Å². The number of carboxylic acids is 1. The summed E-state index contributed by atoms with van der Waals surface area (Å²) in [6.07, 6.45) is 0.694. The van der Waals surface area contributed by atoms with E-state index in [0.29, 0.717) is 69.0 Å². The van der Waals surface area contributed by atoms with E-state index in [2.05, 4.69) is 4.90 Å². The van der Waals surface area contributed by atoms with Gasteiger partial charge >= 0.3 is 12.1 Å². The molecule has 12 heteroatoms. The average molecular weight is 690 g/mol. The largest absolute Gasteiger partial charge is 0.497 e. The van der Waals surface area contributed by atoms with Crippen LogP contribution in [0.5, 0.6) is 5.75 Å². The molecule has 0 bridgehead atoms. The highest BCUT2D eigenvalue weighted by atomic mass is 19.4. The number of ether oxygens (including phenoxy) is 2. The van der Waals surface area contributed by atoms with Crippen molar-refractivity contribution in [1.82, 2.24) is 9.80 Å². The van der Waals surface area contributed by atoms with E-state index < -0.39 is 41.1 Å². The fourth-order valence-electron chi connectivity index (χ4n) is 8.68. The number of anilines is 1. The summed E-state index contributed by atoms with van der Waals surface area (Å²) in [5, 5.41) is 9.46. The molecule has 0 unspecified atom stereocenters. The van der Waals surface area contributed by atoms with Gasteiger partial charge in [-0.25, -0.2) is 4.39 Å². The highest BCUT2D eigenvalue weighted by molar-refractivity contribution is 5.88. The smallest absolute Gasteiger partial charge is 0.416 e. The van der Waals surface area contributed by atoms with Crippen molar-refractivity contribution >= 4 is 17.6 Å². The lowest BCUT2D eigenvalue weighted by Crippen LogP contribution is -2.50. The number of carbonyl (C=O) groups excluding carboxylic acids is 1. The number of carbonyl (C=O) groups is 2. The quantitative estimate of drug-likeness (QED) is 0.306. The molecule has 1 N–H and O–H groups in total. The number of methoxy groups -OCH3 is 2. The van der Waals surface area contributed by atoms with Gasteiger partial charge in [0.1, 0.15) is 5.75 Å².